The lowest BCUT2D eigenvalue weighted by atomic mass is 10.1. The highest BCUT2D eigenvalue weighted by molar-refractivity contribution is 7.12. The summed E-state index contributed by atoms with van der Waals surface area (Å²) in [4.78, 5) is 26.9. The van der Waals surface area contributed by atoms with Crippen LogP contribution in [0.4, 0.5) is 0 Å². The standard InChI is InChI=1S/C21H16O5S2/c22-17(14-5-6-18-19(11-14)25-8-7-24-18)13-26-21(23)16(20-4-2-10-28-20)12-15-3-1-9-27-15/h1-6,9-12H,7-8,13H2/b16-12+. The Labute approximate surface area is 169 Å². The van der Waals surface area contributed by atoms with Crippen molar-refractivity contribution in [2.75, 3.05) is 19.8 Å². The number of benzene rings is 1. The normalized spacial score (nSPS) is 13.2. The molecular weight excluding hydrogens is 396 g/mol. The highest BCUT2D eigenvalue weighted by Gasteiger charge is 2.19. The fourth-order valence-electron chi connectivity index (χ4n) is 2.69. The molecule has 1 aliphatic heterocycles. The van der Waals surface area contributed by atoms with Gasteiger partial charge < -0.3 is 14.2 Å². The van der Waals surface area contributed by atoms with Gasteiger partial charge in [0.2, 0.25) is 0 Å². The van der Waals surface area contributed by atoms with Crippen LogP contribution in [0.2, 0.25) is 0 Å². The second kappa shape index (κ2) is 8.41. The number of fused-ring (bicyclic) bond motifs is 1. The van der Waals surface area contributed by atoms with Crippen LogP contribution in [0.5, 0.6) is 11.5 Å². The highest BCUT2D eigenvalue weighted by Crippen LogP contribution is 2.31. The Kier molecular flexibility index (Phi) is 5.55. The molecule has 0 N–H and O–H groups in total. The third-order valence-electron chi connectivity index (χ3n) is 4.03. The van der Waals surface area contributed by atoms with Gasteiger partial charge in [-0.25, -0.2) is 4.79 Å². The van der Waals surface area contributed by atoms with Crippen molar-refractivity contribution >= 4 is 46.1 Å². The molecule has 28 heavy (non-hydrogen) atoms. The van der Waals surface area contributed by atoms with Crippen molar-refractivity contribution < 1.29 is 23.8 Å². The van der Waals surface area contributed by atoms with Gasteiger partial charge in [-0.3, -0.25) is 4.79 Å². The predicted octanol–water partition coefficient (Wildman–Crippen LogP) is 4.55. The van der Waals surface area contributed by atoms with E-state index in [4.69, 9.17) is 14.2 Å². The summed E-state index contributed by atoms with van der Waals surface area (Å²) in [6, 6.07) is 12.5. The predicted molar refractivity (Wildman–Crippen MR) is 109 cm³/mol. The Bertz CT molecular complexity index is 1000. The van der Waals surface area contributed by atoms with Gasteiger partial charge in [0.05, 0.1) is 5.57 Å². The zero-order valence-electron chi connectivity index (χ0n) is 14.8. The Morgan fingerprint density at radius 3 is 2.54 bits per heavy atom. The maximum Gasteiger partial charge on any atom is 0.340 e. The lowest BCUT2D eigenvalue weighted by molar-refractivity contribution is -0.135. The van der Waals surface area contributed by atoms with Crippen LogP contribution in [-0.4, -0.2) is 31.6 Å². The van der Waals surface area contributed by atoms with Gasteiger partial charge in [-0.15, -0.1) is 22.7 Å². The summed E-state index contributed by atoms with van der Waals surface area (Å²) in [6.07, 6.45) is 1.79. The molecule has 0 amide bonds. The fourth-order valence-corrected chi connectivity index (χ4v) is 4.07. The fraction of sp³-hybridized carbons (Fsp3) is 0.143. The number of hydrogen-bond donors (Lipinski definition) is 0. The number of carbonyl (C=O) groups is 2. The molecule has 4 rings (SSSR count). The number of ether oxygens (including phenoxy) is 3. The van der Waals surface area contributed by atoms with Crippen LogP contribution in [0.3, 0.4) is 0 Å². The van der Waals surface area contributed by atoms with Gasteiger partial charge in [0.1, 0.15) is 13.2 Å². The van der Waals surface area contributed by atoms with Crippen molar-refractivity contribution in [1.82, 2.24) is 0 Å². The molecule has 0 saturated heterocycles. The Balaban J connectivity index is 1.47. The van der Waals surface area contributed by atoms with E-state index in [2.05, 4.69) is 0 Å². The van der Waals surface area contributed by atoms with E-state index < -0.39 is 5.97 Å². The molecule has 0 bridgehead atoms. The summed E-state index contributed by atoms with van der Waals surface area (Å²) in [5.41, 5.74) is 0.851. The second-order valence-corrected chi connectivity index (χ2v) is 7.84. The molecule has 2 aromatic heterocycles. The largest absolute Gasteiger partial charge is 0.486 e. The van der Waals surface area contributed by atoms with Crippen LogP contribution in [0.15, 0.2) is 53.2 Å². The van der Waals surface area contributed by atoms with E-state index in [9.17, 15) is 9.59 Å². The SMILES string of the molecule is O=C(OCC(=O)c1ccc2c(c1)OCCO2)/C(=C/c1cccs1)c1cccs1. The summed E-state index contributed by atoms with van der Waals surface area (Å²) >= 11 is 2.98. The number of ketones is 1. The number of esters is 1. The van der Waals surface area contributed by atoms with Crippen LogP contribution < -0.4 is 9.47 Å². The van der Waals surface area contributed by atoms with Crippen molar-refractivity contribution in [1.29, 1.82) is 0 Å². The van der Waals surface area contributed by atoms with Crippen LogP contribution in [0.1, 0.15) is 20.1 Å². The van der Waals surface area contributed by atoms with Gasteiger partial charge in [-0.05, 0) is 47.2 Å². The Morgan fingerprint density at radius 2 is 1.79 bits per heavy atom. The summed E-state index contributed by atoms with van der Waals surface area (Å²) in [5, 5.41) is 3.83. The van der Waals surface area contributed by atoms with Crippen LogP contribution in [0, 0.1) is 0 Å². The van der Waals surface area contributed by atoms with Crippen LogP contribution in [-0.2, 0) is 9.53 Å². The van der Waals surface area contributed by atoms with Gasteiger partial charge in [-0.2, -0.15) is 0 Å². The topological polar surface area (TPSA) is 61.8 Å². The zero-order chi connectivity index (χ0) is 19.3. The molecule has 0 aliphatic carbocycles. The highest BCUT2D eigenvalue weighted by atomic mass is 32.1. The second-order valence-electron chi connectivity index (χ2n) is 5.91. The molecule has 0 atom stereocenters. The van der Waals surface area contributed by atoms with Crippen molar-refractivity contribution in [3.05, 3.63) is 68.5 Å². The minimum absolute atomic E-state index is 0.299. The first-order chi connectivity index (χ1) is 13.7. The lowest BCUT2D eigenvalue weighted by Crippen LogP contribution is -2.17. The van der Waals surface area contributed by atoms with Gasteiger partial charge in [0.25, 0.3) is 0 Å². The first kappa shape index (κ1) is 18.5. The molecule has 1 aliphatic rings. The minimum Gasteiger partial charge on any atom is -0.486 e. The van der Waals surface area contributed by atoms with Gasteiger partial charge in [0, 0.05) is 15.3 Å². The van der Waals surface area contributed by atoms with E-state index in [1.165, 1.54) is 22.7 Å². The smallest absolute Gasteiger partial charge is 0.340 e. The summed E-state index contributed by atoms with van der Waals surface area (Å²) < 4.78 is 16.3. The van der Waals surface area contributed by atoms with Crippen molar-refractivity contribution in [2.24, 2.45) is 0 Å². The van der Waals surface area contributed by atoms with Gasteiger partial charge in [0.15, 0.2) is 23.9 Å². The van der Waals surface area contributed by atoms with Crippen LogP contribution in [0.25, 0.3) is 11.6 Å². The Morgan fingerprint density at radius 1 is 1.00 bits per heavy atom. The number of rotatable bonds is 6. The van der Waals surface area contributed by atoms with Gasteiger partial charge >= 0.3 is 5.97 Å². The molecule has 5 nitrogen and oxygen atoms in total. The van der Waals surface area contributed by atoms with Crippen molar-refractivity contribution in [2.45, 2.75) is 0 Å². The van der Waals surface area contributed by atoms with Gasteiger partial charge in [-0.1, -0.05) is 12.1 Å². The number of carbonyl (C=O) groups excluding carboxylic acids is 2. The molecule has 142 valence electrons. The molecule has 0 saturated carbocycles. The van der Waals surface area contributed by atoms with E-state index in [-0.39, 0.29) is 12.4 Å². The maximum atomic E-state index is 12.7. The number of Topliss-reactive ketones (excluding diaryl/α,β-unsaturated/α-hetero) is 1. The molecule has 0 unspecified atom stereocenters. The lowest BCUT2D eigenvalue weighted by Gasteiger charge is -2.18. The number of hydrogen-bond acceptors (Lipinski definition) is 7. The molecule has 7 heteroatoms. The molecule has 1 aromatic carbocycles. The van der Waals surface area contributed by atoms with E-state index in [0.717, 1.165) is 9.75 Å². The molecule has 0 fully saturated rings. The first-order valence-corrected chi connectivity index (χ1v) is 10.4. The van der Waals surface area contributed by atoms with E-state index >= 15 is 0 Å². The zero-order valence-corrected chi connectivity index (χ0v) is 16.4. The monoisotopic (exact) mass is 412 g/mol. The Hall–Kier alpha value is -2.90. The summed E-state index contributed by atoms with van der Waals surface area (Å²) in [7, 11) is 0. The molecule has 3 heterocycles. The van der Waals surface area contributed by atoms with E-state index in [1.807, 2.05) is 35.0 Å². The summed E-state index contributed by atoms with van der Waals surface area (Å²) in [6.45, 7) is 0.586. The quantitative estimate of drug-likeness (QED) is 0.338. The number of thiophene rings is 2. The molecule has 0 spiro atoms. The third kappa shape index (κ3) is 4.16. The minimum atomic E-state index is -0.526. The maximum absolute atomic E-state index is 12.7. The van der Waals surface area contributed by atoms with Crippen molar-refractivity contribution in [3.8, 4) is 11.5 Å². The molecule has 0 radical (unpaired) electrons. The summed E-state index contributed by atoms with van der Waals surface area (Å²) in [5.74, 6) is 0.313. The van der Waals surface area contributed by atoms with E-state index in [0.29, 0.717) is 35.8 Å². The molecular formula is C21H16O5S2. The third-order valence-corrected chi connectivity index (χ3v) is 5.76. The van der Waals surface area contributed by atoms with Crippen molar-refractivity contribution in [3.63, 3.8) is 0 Å². The average Bonchev–Trinajstić information content (AvgIpc) is 3.43. The molecule has 3 aromatic rings. The first-order valence-electron chi connectivity index (χ1n) is 8.60. The van der Waals surface area contributed by atoms with E-state index in [1.54, 1.807) is 24.3 Å². The average molecular weight is 412 g/mol. The van der Waals surface area contributed by atoms with Crippen LogP contribution >= 0.6 is 22.7 Å².